The first-order chi connectivity index (χ1) is 14.2. The van der Waals surface area contributed by atoms with Crippen LogP contribution in [0.25, 0.3) is 0 Å². The van der Waals surface area contributed by atoms with Crippen LogP contribution >= 0.6 is 0 Å². The summed E-state index contributed by atoms with van der Waals surface area (Å²) in [5.41, 5.74) is 1.15. The molecule has 0 saturated heterocycles. The largest absolute Gasteiger partial charge is 0.444 e. The van der Waals surface area contributed by atoms with Crippen molar-refractivity contribution < 1.29 is 24.2 Å². The molecular weight excluding hydrogens is 384 g/mol. The van der Waals surface area contributed by atoms with Crippen molar-refractivity contribution in [3.63, 3.8) is 0 Å². The highest BCUT2D eigenvalue weighted by atomic mass is 16.6. The van der Waals surface area contributed by atoms with Gasteiger partial charge in [-0.05, 0) is 56.9 Å². The van der Waals surface area contributed by atoms with E-state index in [0.717, 1.165) is 5.56 Å². The fourth-order valence-electron chi connectivity index (χ4n) is 2.67. The van der Waals surface area contributed by atoms with E-state index in [2.05, 4.69) is 10.6 Å². The van der Waals surface area contributed by atoms with E-state index in [4.69, 9.17) is 9.47 Å². The van der Waals surface area contributed by atoms with Crippen molar-refractivity contribution in [3.8, 4) is 5.75 Å². The monoisotopic (exact) mass is 414 g/mol. The summed E-state index contributed by atoms with van der Waals surface area (Å²) in [5, 5.41) is 15.7. The van der Waals surface area contributed by atoms with Crippen LogP contribution in [0.3, 0.4) is 0 Å². The minimum Gasteiger partial charge on any atom is -0.444 e. The van der Waals surface area contributed by atoms with E-state index in [1.165, 1.54) is 0 Å². The topological polar surface area (TPSA) is 96.9 Å². The van der Waals surface area contributed by atoms with E-state index in [0.29, 0.717) is 30.7 Å². The molecule has 2 aromatic rings. The number of ether oxygens (including phenoxy) is 2. The van der Waals surface area contributed by atoms with Gasteiger partial charge in [0.1, 0.15) is 11.4 Å². The first-order valence-corrected chi connectivity index (χ1v) is 9.97. The van der Waals surface area contributed by atoms with E-state index < -0.39 is 23.9 Å². The van der Waals surface area contributed by atoms with Gasteiger partial charge in [0.2, 0.25) is 0 Å². The smallest absolute Gasteiger partial charge is 0.412 e. The van der Waals surface area contributed by atoms with Crippen molar-refractivity contribution in [1.29, 1.82) is 0 Å². The highest BCUT2D eigenvalue weighted by Gasteiger charge is 2.16. The summed E-state index contributed by atoms with van der Waals surface area (Å²) in [5.74, 6) is 0.337. The normalized spacial score (nSPS) is 12.0. The van der Waals surface area contributed by atoms with Gasteiger partial charge in [-0.1, -0.05) is 42.5 Å². The second kappa shape index (κ2) is 11.2. The molecule has 0 radical (unpaired) electrons. The molecule has 2 aromatic carbocycles. The number of rotatable bonds is 8. The Morgan fingerprint density at radius 1 is 0.967 bits per heavy atom. The molecule has 3 N–H and O–H groups in total. The summed E-state index contributed by atoms with van der Waals surface area (Å²) < 4.78 is 10.4. The number of aliphatic hydroxyl groups is 1. The van der Waals surface area contributed by atoms with Gasteiger partial charge < -0.3 is 25.2 Å². The number of hydrogen-bond donors (Lipinski definition) is 3. The standard InChI is InChI=1S/C23H30N2O5/c1-23(2,3)30-22(28)25-15-13-20(26)18-10-7-11-19(16-18)29-21(27)24-14-12-17-8-5-4-6-9-17/h4-11,16,20,26H,12-15H2,1-3H3,(H,24,27)(H,25,28). The number of carbonyl (C=O) groups is 2. The Kier molecular flexibility index (Phi) is 8.68. The van der Waals surface area contributed by atoms with Gasteiger partial charge >= 0.3 is 12.2 Å². The Hall–Kier alpha value is -3.06. The average Bonchev–Trinajstić information content (AvgIpc) is 2.67. The fraction of sp³-hybridized carbons (Fsp3) is 0.391. The molecule has 7 heteroatoms. The quantitative estimate of drug-likeness (QED) is 0.607. The third-order valence-corrected chi connectivity index (χ3v) is 4.07. The summed E-state index contributed by atoms with van der Waals surface area (Å²) in [6, 6.07) is 16.5. The van der Waals surface area contributed by atoms with E-state index in [-0.39, 0.29) is 6.54 Å². The number of benzene rings is 2. The van der Waals surface area contributed by atoms with E-state index in [1.807, 2.05) is 30.3 Å². The number of carbonyl (C=O) groups excluding carboxylic acids is 2. The van der Waals surface area contributed by atoms with Gasteiger partial charge in [0, 0.05) is 13.1 Å². The zero-order valence-corrected chi connectivity index (χ0v) is 17.7. The van der Waals surface area contributed by atoms with E-state index >= 15 is 0 Å². The minimum atomic E-state index is -0.815. The fourth-order valence-corrected chi connectivity index (χ4v) is 2.67. The maximum atomic E-state index is 12.0. The molecule has 30 heavy (non-hydrogen) atoms. The van der Waals surface area contributed by atoms with Crippen molar-refractivity contribution in [3.05, 3.63) is 65.7 Å². The molecule has 1 atom stereocenters. The van der Waals surface area contributed by atoms with Gasteiger partial charge in [-0.25, -0.2) is 9.59 Å². The van der Waals surface area contributed by atoms with Gasteiger partial charge in [-0.3, -0.25) is 0 Å². The van der Waals surface area contributed by atoms with Crippen molar-refractivity contribution in [2.24, 2.45) is 0 Å². The van der Waals surface area contributed by atoms with Crippen LogP contribution in [0.5, 0.6) is 5.75 Å². The van der Waals surface area contributed by atoms with Gasteiger partial charge in [-0.15, -0.1) is 0 Å². The number of amides is 2. The summed E-state index contributed by atoms with van der Waals surface area (Å²) >= 11 is 0. The van der Waals surface area contributed by atoms with Crippen LogP contribution in [0.15, 0.2) is 54.6 Å². The molecule has 0 aliphatic rings. The molecule has 0 heterocycles. The van der Waals surface area contributed by atoms with Crippen molar-refractivity contribution >= 4 is 12.2 Å². The molecule has 7 nitrogen and oxygen atoms in total. The maximum absolute atomic E-state index is 12.0. The predicted octanol–water partition coefficient (Wildman–Crippen LogP) is 3.97. The van der Waals surface area contributed by atoms with E-state index in [9.17, 15) is 14.7 Å². The molecule has 0 fully saturated rings. The summed E-state index contributed by atoms with van der Waals surface area (Å²) in [4.78, 5) is 23.6. The molecule has 0 spiro atoms. The maximum Gasteiger partial charge on any atom is 0.412 e. The molecule has 0 aliphatic carbocycles. The zero-order valence-electron chi connectivity index (χ0n) is 17.7. The van der Waals surface area contributed by atoms with Gasteiger partial charge in [-0.2, -0.15) is 0 Å². The minimum absolute atomic E-state index is 0.251. The second-order valence-corrected chi connectivity index (χ2v) is 7.86. The lowest BCUT2D eigenvalue weighted by Crippen LogP contribution is -2.33. The van der Waals surface area contributed by atoms with Crippen LogP contribution in [0.4, 0.5) is 9.59 Å². The van der Waals surface area contributed by atoms with Gasteiger partial charge in [0.15, 0.2) is 0 Å². The summed E-state index contributed by atoms with van der Waals surface area (Å²) in [6.07, 6.45) is -0.890. The molecule has 0 aromatic heterocycles. The van der Waals surface area contributed by atoms with Crippen LogP contribution in [0.1, 0.15) is 44.4 Å². The Morgan fingerprint density at radius 3 is 2.37 bits per heavy atom. The Labute approximate surface area is 177 Å². The van der Waals surface area contributed by atoms with Crippen molar-refractivity contribution in [1.82, 2.24) is 10.6 Å². The van der Waals surface area contributed by atoms with Gasteiger partial charge in [0.05, 0.1) is 6.10 Å². The number of alkyl carbamates (subject to hydrolysis) is 1. The van der Waals surface area contributed by atoms with Crippen molar-refractivity contribution in [2.75, 3.05) is 13.1 Å². The lowest BCUT2D eigenvalue weighted by Gasteiger charge is -2.20. The molecular formula is C23H30N2O5. The Balaban J connectivity index is 1.76. The molecule has 162 valence electrons. The van der Waals surface area contributed by atoms with Crippen LogP contribution in [0, 0.1) is 0 Å². The zero-order chi connectivity index (χ0) is 22.0. The molecule has 0 saturated carbocycles. The lowest BCUT2D eigenvalue weighted by atomic mass is 10.1. The van der Waals surface area contributed by atoms with E-state index in [1.54, 1.807) is 45.0 Å². The SMILES string of the molecule is CC(C)(C)OC(=O)NCCC(O)c1cccc(OC(=O)NCCc2ccccc2)c1. The number of hydrogen-bond acceptors (Lipinski definition) is 5. The molecule has 2 amide bonds. The predicted molar refractivity (Wildman–Crippen MR) is 114 cm³/mol. The average molecular weight is 415 g/mol. The van der Waals surface area contributed by atoms with Crippen LogP contribution in [-0.2, 0) is 11.2 Å². The number of aliphatic hydroxyl groups excluding tert-OH is 1. The number of nitrogens with one attached hydrogen (secondary N) is 2. The Bertz CT molecular complexity index is 818. The molecule has 0 aliphatic heterocycles. The summed E-state index contributed by atoms with van der Waals surface area (Å²) in [7, 11) is 0. The van der Waals surface area contributed by atoms with Crippen LogP contribution < -0.4 is 15.4 Å². The molecule has 0 bridgehead atoms. The first kappa shape index (κ1) is 23.2. The lowest BCUT2D eigenvalue weighted by molar-refractivity contribution is 0.0518. The highest BCUT2D eigenvalue weighted by molar-refractivity contribution is 5.70. The molecule has 1 unspecified atom stereocenters. The third-order valence-electron chi connectivity index (χ3n) is 4.07. The molecule has 2 rings (SSSR count). The first-order valence-electron chi connectivity index (χ1n) is 9.97. The second-order valence-electron chi connectivity index (χ2n) is 7.86. The van der Waals surface area contributed by atoms with Gasteiger partial charge in [0.25, 0.3) is 0 Å². The Morgan fingerprint density at radius 2 is 1.67 bits per heavy atom. The third kappa shape index (κ3) is 8.96. The highest BCUT2D eigenvalue weighted by Crippen LogP contribution is 2.21. The van der Waals surface area contributed by atoms with Crippen LogP contribution in [-0.4, -0.2) is 36.0 Å². The summed E-state index contributed by atoms with van der Waals surface area (Å²) in [6.45, 7) is 6.06. The van der Waals surface area contributed by atoms with Crippen LogP contribution in [0.2, 0.25) is 0 Å². The van der Waals surface area contributed by atoms with Crippen molar-refractivity contribution in [2.45, 2.75) is 45.3 Å².